The van der Waals surface area contributed by atoms with Gasteiger partial charge in [-0.3, -0.25) is 9.59 Å². The number of nitrogens with one attached hydrogen (secondary N) is 1. The van der Waals surface area contributed by atoms with E-state index in [0.717, 1.165) is 10.1 Å². The van der Waals surface area contributed by atoms with Crippen LogP contribution in [0.2, 0.25) is 0 Å². The SMILES string of the molecule is Cc1cc2nc(COc3cc(NC(=O)c4ccc(F)cc4)ccc3C)cc(=O)n2o1. The third-order valence-corrected chi connectivity index (χ3v) is 4.45. The van der Waals surface area contributed by atoms with Crippen LogP contribution in [0.15, 0.2) is 63.9 Å². The number of fused-ring (bicyclic) bond motifs is 1. The molecule has 2 aromatic carbocycles. The molecule has 0 bridgehead atoms. The molecule has 0 aliphatic heterocycles. The van der Waals surface area contributed by atoms with Crippen molar-refractivity contribution in [1.29, 1.82) is 0 Å². The van der Waals surface area contributed by atoms with Gasteiger partial charge in [-0.25, -0.2) is 9.37 Å². The number of aryl methyl sites for hydroxylation is 2. The molecule has 2 heterocycles. The zero-order valence-electron chi connectivity index (χ0n) is 16.3. The number of aromatic nitrogens is 2. The summed E-state index contributed by atoms with van der Waals surface area (Å²) in [6.07, 6.45) is 0. The van der Waals surface area contributed by atoms with E-state index >= 15 is 0 Å². The Hall–Kier alpha value is -3.94. The number of halogens is 1. The normalized spacial score (nSPS) is 10.9. The molecule has 0 unspecified atom stereocenters. The molecule has 0 spiro atoms. The molecule has 0 aliphatic rings. The van der Waals surface area contributed by atoms with Crippen molar-refractivity contribution in [3.63, 3.8) is 0 Å². The minimum Gasteiger partial charge on any atom is -0.487 e. The quantitative estimate of drug-likeness (QED) is 0.543. The highest BCUT2D eigenvalue weighted by atomic mass is 19.1. The van der Waals surface area contributed by atoms with E-state index in [4.69, 9.17) is 9.26 Å². The minimum absolute atomic E-state index is 0.0756. The Morgan fingerprint density at radius 3 is 2.67 bits per heavy atom. The number of amides is 1. The predicted molar refractivity (Wildman–Crippen MR) is 108 cm³/mol. The molecule has 0 aliphatic carbocycles. The maximum absolute atomic E-state index is 13.0. The Morgan fingerprint density at radius 1 is 1.13 bits per heavy atom. The number of carbonyl (C=O) groups is 1. The van der Waals surface area contributed by atoms with Crippen molar-refractivity contribution in [3.8, 4) is 5.75 Å². The van der Waals surface area contributed by atoms with Crippen LogP contribution in [0.3, 0.4) is 0 Å². The minimum atomic E-state index is -0.408. The number of rotatable bonds is 5. The van der Waals surface area contributed by atoms with E-state index in [1.54, 1.807) is 31.2 Å². The molecule has 0 saturated carbocycles. The van der Waals surface area contributed by atoms with Crippen molar-refractivity contribution in [2.24, 2.45) is 0 Å². The molecule has 4 aromatic rings. The van der Waals surface area contributed by atoms with Crippen LogP contribution in [0.25, 0.3) is 5.65 Å². The van der Waals surface area contributed by atoms with Crippen molar-refractivity contribution in [2.45, 2.75) is 20.5 Å². The first-order valence-corrected chi connectivity index (χ1v) is 9.19. The van der Waals surface area contributed by atoms with Crippen LogP contribution in [0.4, 0.5) is 10.1 Å². The van der Waals surface area contributed by atoms with Crippen LogP contribution in [0, 0.1) is 19.7 Å². The van der Waals surface area contributed by atoms with E-state index in [1.807, 2.05) is 6.92 Å². The van der Waals surface area contributed by atoms with Crippen LogP contribution in [-0.4, -0.2) is 15.5 Å². The van der Waals surface area contributed by atoms with Crippen LogP contribution in [-0.2, 0) is 6.61 Å². The molecular weight excluding hydrogens is 389 g/mol. The summed E-state index contributed by atoms with van der Waals surface area (Å²) in [5.74, 6) is 0.352. The lowest BCUT2D eigenvalue weighted by molar-refractivity contribution is 0.102. The molecule has 1 amide bonds. The summed E-state index contributed by atoms with van der Waals surface area (Å²) in [4.78, 5) is 28.8. The zero-order chi connectivity index (χ0) is 21.3. The Balaban J connectivity index is 1.50. The molecule has 30 heavy (non-hydrogen) atoms. The average Bonchev–Trinajstić information content (AvgIpc) is 3.09. The number of benzene rings is 2. The average molecular weight is 407 g/mol. The summed E-state index contributed by atoms with van der Waals surface area (Å²) in [7, 11) is 0. The standard InChI is InChI=1S/C22H18FN3O4/c1-13-3-8-17(25-22(28)15-4-6-16(23)7-5-15)10-19(13)29-12-18-11-21(27)26-20(24-18)9-14(2)30-26/h3-11H,12H2,1-2H3,(H,25,28). The second-order valence-corrected chi connectivity index (χ2v) is 6.81. The van der Waals surface area contributed by atoms with Gasteiger partial charge in [0.05, 0.1) is 5.69 Å². The van der Waals surface area contributed by atoms with Gasteiger partial charge in [0.15, 0.2) is 5.65 Å². The van der Waals surface area contributed by atoms with Crippen molar-refractivity contribution in [3.05, 3.63) is 93.3 Å². The summed E-state index contributed by atoms with van der Waals surface area (Å²) >= 11 is 0. The summed E-state index contributed by atoms with van der Waals surface area (Å²) in [5.41, 5.74) is 2.26. The monoisotopic (exact) mass is 407 g/mol. The Bertz CT molecular complexity index is 1290. The molecule has 2 aromatic heterocycles. The van der Waals surface area contributed by atoms with Crippen molar-refractivity contribution in [2.75, 3.05) is 5.32 Å². The molecule has 0 radical (unpaired) electrons. The molecule has 8 heteroatoms. The van der Waals surface area contributed by atoms with Crippen LogP contribution >= 0.6 is 0 Å². The number of hydrogen-bond donors (Lipinski definition) is 1. The summed E-state index contributed by atoms with van der Waals surface area (Å²) < 4.78 is 25.3. The first-order valence-electron chi connectivity index (χ1n) is 9.19. The molecular formula is C22H18FN3O4. The molecule has 0 atom stereocenters. The van der Waals surface area contributed by atoms with Crippen LogP contribution < -0.4 is 15.6 Å². The maximum atomic E-state index is 13.0. The number of anilines is 1. The molecule has 4 rings (SSSR count). The van der Waals surface area contributed by atoms with Crippen molar-refractivity contribution in [1.82, 2.24) is 9.56 Å². The van der Waals surface area contributed by atoms with Crippen molar-refractivity contribution >= 4 is 17.2 Å². The highest BCUT2D eigenvalue weighted by molar-refractivity contribution is 6.04. The smallest absolute Gasteiger partial charge is 0.287 e. The van der Waals surface area contributed by atoms with E-state index in [2.05, 4.69) is 10.3 Å². The largest absolute Gasteiger partial charge is 0.487 e. The summed E-state index contributed by atoms with van der Waals surface area (Å²) in [5, 5.41) is 2.76. The molecule has 0 fully saturated rings. The second kappa shape index (κ2) is 7.82. The van der Waals surface area contributed by atoms with Gasteiger partial charge in [-0.15, -0.1) is 4.57 Å². The Morgan fingerprint density at radius 2 is 1.90 bits per heavy atom. The number of nitrogens with zero attached hydrogens (tertiary/aromatic N) is 2. The van der Waals surface area contributed by atoms with E-state index in [-0.39, 0.29) is 18.1 Å². The fraction of sp³-hybridized carbons (Fsp3) is 0.136. The third-order valence-electron chi connectivity index (χ3n) is 4.45. The lowest BCUT2D eigenvalue weighted by Crippen LogP contribution is -2.14. The third kappa shape index (κ3) is 4.07. The Labute approximate surface area is 170 Å². The van der Waals surface area contributed by atoms with Gasteiger partial charge in [-0.1, -0.05) is 6.07 Å². The van der Waals surface area contributed by atoms with Crippen molar-refractivity contribution < 1.29 is 18.4 Å². The fourth-order valence-corrected chi connectivity index (χ4v) is 2.94. The molecule has 1 N–H and O–H groups in total. The summed E-state index contributed by atoms with van der Waals surface area (Å²) in [6.45, 7) is 3.68. The Kier molecular flexibility index (Phi) is 5.05. The second-order valence-electron chi connectivity index (χ2n) is 6.81. The highest BCUT2D eigenvalue weighted by Crippen LogP contribution is 2.24. The van der Waals surface area contributed by atoms with E-state index in [0.29, 0.717) is 34.1 Å². The lowest BCUT2D eigenvalue weighted by atomic mass is 10.1. The predicted octanol–water partition coefficient (Wildman–Crippen LogP) is 3.87. The number of ether oxygens (including phenoxy) is 1. The van der Waals surface area contributed by atoms with Gasteiger partial charge in [0.2, 0.25) is 0 Å². The molecule has 0 saturated heterocycles. The van der Waals surface area contributed by atoms with Gasteiger partial charge in [0, 0.05) is 29.4 Å². The van der Waals surface area contributed by atoms with Gasteiger partial charge < -0.3 is 14.6 Å². The van der Waals surface area contributed by atoms with E-state index in [9.17, 15) is 14.0 Å². The maximum Gasteiger partial charge on any atom is 0.287 e. The first kappa shape index (κ1) is 19.4. The summed E-state index contributed by atoms with van der Waals surface area (Å²) in [6, 6.07) is 13.5. The molecule has 152 valence electrons. The first-order chi connectivity index (χ1) is 14.4. The molecule has 7 nitrogen and oxygen atoms in total. The van der Waals surface area contributed by atoms with Gasteiger partial charge in [-0.05, 0) is 49.7 Å². The fourth-order valence-electron chi connectivity index (χ4n) is 2.94. The zero-order valence-corrected chi connectivity index (χ0v) is 16.3. The van der Waals surface area contributed by atoms with E-state index in [1.165, 1.54) is 30.3 Å². The van der Waals surface area contributed by atoms with Gasteiger partial charge in [0.25, 0.3) is 11.5 Å². The lowest BCUT2D eigenvalue weighted by Gasteiger charge is -2.12. The topological polar surface area (TPSA) is 85.8 Å². The van der Waals surface area contributed by atoms with Crippen LogP contribution in [0.5, 0.6) is 5.75 Å². The number of hydrogen-bond acceptors (Lipinski definition) is 5. The number of carbonyl (C=O) groups excluding carboxylic acids is 1. The van der Waals surface area contributed by atoms with Gasteiger partial charge in [-0.2, -0.15) is 0 Å². The van der Waals surface area contributed by atoms with Crippen LogP contribution in [0.1, 0.15) is 27.4 Å². The van der Waals surface area contributed by atoms with Gasteiger partial charge in [0.1, 0.15) is 23.9 Å². The van der Waals surface area contributed by atoms with Gasteiger partial charge >= 0.3 is 0 Å². The van der Waals surface area contributed by atoms with E-state index < -0.39 is 5.82 Å². The highest BCUT2D eigenvalue weighted by Gasteiger charge is 2.10.